The third kappa shape index (κ3) is 22.1. The second kappa shape index (κ2) is 23.1. The minimum Gasteiger partial charge on any atom is -0.394 e. The van der Waals surface area contributed by atoms with Gasteiger partial charge < -0.3 is 15.2 Å². The van der Waals surface area contributed by atoms with Crippen molar-refractivity contribution >= 4 is 5.91 Å². The van der Waals surface area contributed by atoms with E-state index in [1.165, 1.54) is 38.5 Å². The van der Waals surface area contributed by atoms with Crippen LogP contribution in [0.1, 0.15) is 84.0 Å². The van der Waals surface area contributed by atoms with Crippen LogP contribution in [0.4, 0.5) is 0 Å². The topological polar surface area (TPSA) is 58.6 Å². The van der Waals surface area contributed by atoms with Gasteiger partial charge in [0, 0.05) is 25.8 Å². The molecule has 0 spiro atoms. The number of aliphatic hydroxyl groups is 1. The van der Waals surface area contributed by atoms with Crippen molar-refractivity contribution in [3.63, 3.8) is 0 Å². The van der Waals surface area contributed by atoms with Gasteiger partial charge in [-0.2, -0.15) is 0 Å². The van der Waals surface area contributed by atoms with Gasteiger partial charge in [-0.25, -0.2) is 0 Å². The molecule has 156 valence electrons. The highest BCUT2D eigenvalue weighted by Gasteiger charge is 1.98. The first-order chi connectivity index (χ1) is 13.8. The van der Waals surface area contributed by atoms with Crippen LogP contribution in [0.15, 0.2) is 0 Å². The summed E-state index contributed by atoms with van der Waals surface area (Å²) in [5.41, 5.74) is 0. The molecule has 0 heterocycles. The SMILES string of the molecule is CCCCCCCCC#CCC#CCC#CCCCC(=O)NCCOCCO. The van der Waals surface area contributed by atoms with Crippen LogP contribution in [-0.2, 0) is 9.53 Å². The number of carbonyl (C=O) groups excluding carboxylic acids is 1. The van der Waals surface area contributed by atoms with Gasteiger partial charge in [-0.05, 0) is 12.8 Å². The highest BCUT2D eigenvalue weighted by atomic mass is 16.5. The molecule has 0 aliphatic heterocycles. The zero-order valence-corrected chi connectivity index (χ0v) is 17.6. The Morgan fingerprint density at radius 2 is 1.43 bits per heavy atom. The predicted octanol–water partition coefficient (Wildman–Crippen LogP) is 3.82. The zero-order valence-electron chi connectivity index (χ0n) is 17.6. The average Bonchev–Trinajstić information content (AvgIpc) is 2.70. The standard InChI is InChI=1S/C24H37NO3/c1-2-3-4-5-6-7-8-9-10-11-12-13-14-15-16-17-18-19-24(27)25-20-22-28-23-21-26/h26H,2-8,11,14,17-23H2,1H3,(H,25,27). The lowest BCUT2D eigenvalue weighted by Crippen LogP contribution is -2.27. The molecule has 0 saturated carbocycles. The number of hydrogen-bond donors (Lipinski definition) is 2. The van der Waals surface area contributed by atoms with E-state index in [2.05, 4.69) is 47.8 Å². The Balaban J connectivity index is 3.48. The summed E-state index contributed by atoms with van der Waals surface area (Å²) in [4.78, 5) is 11.5. The van der Waals surface area contributed by atoms with E-state index >= 15 is 0 Å². The molecule has 0 aromatic heterocycles. The second-order valence-corrected chi connectivity index (χ2v) is 6.47. The Labute approximate surface area is 172 Å². The first-order valence-corrected chi connectivity index (χ1v) is 10.6. The summed E-state index contributed by atoms with van der Waals surface area (Å²) in [6.45, 7) is 3.45. The van der Waals surface area contributed by atoms with Gasteiger partial charge in [-0.1, -0.05) is 62.7 Å². The number of unbranched alkanes of at least 4 members (excludes halogenated alkanes) is 7. The highest BCUT2D eigenvalue weighted by Crippen LogP contribution is 2.06. The molecule has 2 N–H and O–H groups in total. The highest BCUT2D eigenvalue weighted by molar-refractivity contribution is 5.75. The van der Waals surface area contributed by atoms with Gasteiger partial charge in [0.1, 0.15) is 0 Å². The van der Waals surface area contributed by atoms with E-state index in [1.54, 1.807) is 0 Å². The van der Waals surface area contributed by atoms with Crippen LogP contribution in [0.25, 0.3) is 0 Å². The van der Waals surface area contributed by atoms with Crippen molar-refractivity contribution < 1.29 is 14.6 Å². The van der Waals surface area contributed by atoms with Crippen LogP contribution in [0.5, 0.6) is 0 Å². The van der Waals surface area contributed by atoms with E-state index in [0.29, 0.717) is 45.4 Å². The second-order valence-electron chi connectivity index (χ2n) is 6.47. The number of hydrogen-bond acceptors (Lipinski definition) is 3. The number of rotatable bonds is 14. The van der Waals surface area contributed by atoms with E-state index in [9.17, 15) is 4.79 Å². The molecule has 4 nitrogen and oxygen atoms in total. The fourth-order valence-corrected chi connectivity index (χ4v) is 2.36. The smallest absolute Gasteiger partial charge is 0.220 e. The largest absolute Gasteiger partial charge is 0.394 e. The van der Waals surface area contributed by atoms with Crippen LogP contribution >= 0.6 is 0 Å². The molecule has 28 heavy (non-hydrogen) atoms. The molecule has 0 saturated heterocycles. The van der Waals surface area contributed by atoms with Crippen molar-refractivity contribution in [1.29, 1.82) is 0 Å². The van der Waals surface area contributed by atoms with Gasteiger partial charge in [-0.15, -0.1) is 11.8 Å². The number of aliphatic hydroxyl groups excluding tert-OH is 1. The van der Waals surface area contributed by atoms with E-state index in [4.69, 9.17) is 9.84 Å². The number of amides is 1. The Morgan fingerprint density at radius 3 is 2.11 bits per heavy atom. The molecule has 0 rings (SSSR count). The first-order valence-electron chi connectivity index (χ1n) is 10.6. The maximum atomic E-state index is 11.5. The van der Waals surface area contributed by atoms with Crippen LogP contribution in [-0.4, -0.2) is 37.4 Å². The summed E-state index contributed by atoms with van der Waals surface area (Å²) >= 11 is 0. The molecule has 0 aromatic carbocycles. The summed E-state index contributed by atoms with van der Waals surface area (Å²) in [6, 6.07) is 0. The molecule has 0 aliphatic carbocycles. The molecule has 0 aromatic rings. The van der Waals surface area contributed by atoms with Gasteiger partial charge >= 0.3 is 0 Å². The van der Waals surface area contributed by atoms with E-state index in [1.807, 2.05) is 0 Å². The van der Waals surface area contributed by atoms with Crippen LogP contribution < -0.4 is 5.32 Å². The van der Waals surface area contributed by atoms with Crippen LogP contribution in [0, 0.1) is 35.5 Å². The molecule has 1 amide bonds. The van der Waals surface area contributed by atoms with Crippen molar-refractivity contribution in [3.05, 3.63) is 0 Å². The van der Waals surface area contributed by atoms with Crippen LogP contribution in [0.3, 0.4) is 0 Å². The fourth-order valence-electron chi connectivity index (χ4n) is 2.36. The molecule has 0 radical (unpaired) electrons. The van der Waals surface area contributed by atoms with Gasteiger partial charge in [0.15, 0.2) is 0 Å². The molecule has 0 fully saturated rings. The molecule has 0 unspecified atom stereocenters. The van der Waals surface area contributed by atoms with Crippen LogP contribution in [0.2, 0.25) is 0 Å². The Morgan fingerprint density at radius 1 is 0.821 bits per heavy atom. The van der Waals surface area contributed by atoms with Crippen molar-refractivity contribution in [3.8, 4) is 35.5 Å². The fraction of sp³-hybridized carbons (Fsp3) is 0.708. The maximum Gasteiger partial charge on any atom is 0.220 e. The van der Waals surface area contributed by atoms with Crippen molar-refractivity contribution in [2.45, 2.75) is 84.0 Å². The summed E-state index contributed by atoms with van der Waals surface area (Å²) in [5.74, 6) is 18.4. The average molecular weight is 388 g/mol. The van der Waals surface area contributed by atoms with Gasteiger partial charge in [-0.3, -0.25) is 4.79 Å². The summed E-state index contributed by atoms with van der Waals surface area (Å²) in [6.07, 6.45) is 11.9. The summed E-state index contributed by atoms with van der Waals surface area (Å²) in [7, 11) is 0. The van der Waals surface area contributed by atoms with Gasteiger partial charge in [0.25, 0.3) is 0 Å². The number of ether oxygens (including phenoxy) is 1. The lowest BCUT2D eigenvalue weighted by Gasteiger charge is -2.04. The molecule has 0 atom stereocenters. The third-order valence-corrected chi connectivity index (χ3v) is 3.89. The lowest BCUT2D eigenvalue weighted by molar-refractivity contribution is -0.121. The van der Waals surface area contributed by atoms with Crippen molar-refractivity contribution in [2.24, 2.45) is 0 Å². The Hall–Kier alpha value is -1.93. The first kappa shape index (κ1) is 26.1. The van der Waals surface area contributed by atoms with Crippen molar-refractivity contribution in [2.75, 3.05) is 26.4 Å². The monoisotopic (exact) mass is 387 g/mol. The molecular formula is C24H37NO3. The van der Waals surface area contributed by atoms with Gasteiger partial charge in [0.2, 0.25) is 5.91 Å². The van der Waals surface area contributed by atoms with E-state index in [0.717, 1.165) is 12.8 Å². The molecule has 0 aliphatic rings. The predicted molar refractivity (Wildman–Crippen MR) is 115 cm³/mol. The summed E-state index contributed by atoms with van der Waals surface area (Å²) < 4.78 is 5.06. The molecule has 0 bridgehead atoms. The number of nitrogens with one attached hydrogen (secondary N) is 1. The molecule has 4 heteroatoms. The quantitative estimate of drug-likeness (QED) is 0.352. The van der Waals surface area contributed by atoms with E-state index in [-0.39, 0.29) is 12.5 Å². The zero-order chi connectivity index (χ0) is 20.5. The number of carbonyl (C=O) groups is 1. The van der Waals surface area contributed by atoms with Crippen molar-refractivity contribution in [1.82, 2.24) is 5.32 Å². The van der Waals surface area contributed by atoms with E-state index < -0.39 is 0 Å². The normalized spacial score (nSPS) is 9.36. The summed E-state index contributed by atoms with van der Waals surface area (Å²) in [5, 5.41) is 11.3. The lowest BCUT2D eigenvalue weighted by atomic mass is 10.1. The maximum absolute atomic E-state index is 11.5. The molecular weight excluding hydrogens is 350 g/mol. The third-order valence-electron chi connectivity index (χ3n) is 3.89. The minimum absolute atomic E-state index is 0.00362. The minimum atomic E-state index is 0.00362. The Bertz CT molecular complexity index is 552. The van der Waals surface area contributed by atoms with Gasteiger partial charge in [0.05, 0.1) is 32.7 Å². The Kier molecular flexibility index (Phi) is 21.5.